The van der Waals surface area contributed by atoms with E-state index in [0.29, 0.717) is 6.41 Å². The minimum absolute atomic E-state index is 0.0459. The minimum atomic E-state index is -4.84. The van der Waals surface area contributed by atoms with Gasteiger partial charge >= 0.3 is 12.4 Å². The van der Waals surface area contributed by atoms with Gasteiger partial charge in [-0.25, -0.2) is 8.42 Å². The molecule has 0 N–H and O–H groups in total. The number of sulfone groups is 1. The molecule has 13 heteroatoms. The molecule has 0 saturated heterocycles. The summed E-state index contributed by atoms with van der Waals surface area (Å²) in [5.74, 6) is -0.920. The van der Waals surface area contributed by atoms with Gasteiger partial charge < -0.3 is 14.4 Å². The van der Waals surface area contributed by atoms with Crippen LogP contribution in [0.25, 0.3) is 0 Å². The number of hydrogen-bond donors (Lipinski definition) is 0. The average molecular weight is 511 g/mol. The Kier molecular flexibility index (Phi) is 6.55. The summed E-state index contributed by atoms with van der Waals surface area (Å²) in [4.78, 5) is 12.5. The van der Waals surface area contributed by atoms with Gasteiger partial charge in [-0.3, -0.25) is 4.79 Å². The summed E-state index contributed by atoms with van der Waals surface area (Å²) >= 11 is 0. The second-order valence-corrected chi connectivity index (χ2v) is 9.72. The standard InChI is InChI=1S/C21H19F6NO5S/c1-11(20(22,23)24)33-17-5-4-13(34(3,30)31)7-15(17)19-14-8-16(21(25,26)27)18(32-2)6-12(14)9-28(19)10-29/h4-8,10-11,19H,9H2,1-3H3/t11-,19?/m0/s1. The number of amides is 1. The number of carbonyl (C=O) groups is 1. The molecule has 186 valence electrons. The van der Waals surface area contributed by atoms with Crippen LogP contribution in [0.15, 0.2) is 35.2 Å². The molecule has 0 aromatic heterocycles. The Bertz CT molecular complexity index is 1210. The molecule has 1 unspecified atom stereocenters. The van der Waals surface area contributed by atoms with Gasteiger partial charge in [-0.1, -0.05) is 0 Å². The number of hydrogen-bond acceptors (Lipinski definition) is 5. The van der Waals surface area contributed by atoms with E-state index < -0.39 is 51.4 Å². The van der Waals surface area contributed by atoms with Crippen LogP contribution in [0.3, 0.4) is 0 Å². The fourth-order valence-electron chi connectivity index (χ4n) is 3.67. The molecule has 0 fully saturated rings. The van der Waals surface area contributed by atoms with Crippen LogP contribution in [-0.2, 0) is 27.4 Å². The molecule has 2 aromatic carbocycles. The quantitative estimate of drug-likeness (QED) is 0.422. The molecule has 0 bridgehead atoms. The van der Waals surface area contributed by atoms with Crippen LogP contribution in [0.1, 0.15) is 35.2 Å². The van der Waals surface area contributed by atoms with Crippen molar-refractivity contribution in [3.63, 3.8) is 0 Å². The van der Waals surface area contributed by atoms with Crippen molar-refractivity contribution >= 4 is 16.2 Å². The predicted molar refractivity (Wildman–Crippen MR) is 107 cm³/mol. The fraction of sp³-hybridized carbons (Fsp3) is 0.381. The van der Waals surface area contributed by atoms with Gasteiger partial charge in [-0.2, -0.15) is 26.3 Å². The maximum Gasteiger partial charge on any atom is 0.425 e. The Labute approximate surface area is 191 Å². The number of benzene rings is 2. The Hall–Kier alpha value is -2.96. The van der Waals surface area contributed by atoms with Crippen molar-refractivity contribution in [1.82, 2.24) is 4.90 Å². The van der Waals surface area contributed by atoms with Crippen molar-refractivity contribution in [3.05, 3.63) is 52.6 Å². The summed E-state index contributed by atoms with van der Waals surface area (Å²) in [5, 5.41) is 0. The van der Waals surface area contributed by atoms with Crippen LogP contribution in [-0.4, -0.2) is 45.4 Å². The van der Waals surface area contributed by atoms with E-state index in [4.69, 9.17) is 9.47 Å². The summed E-state index contributed by atoms with van der Waals surface area (Å²) in [6.45, 7) is 0.538. The zero-order valence-corrected chi connectivity index (χ0v) is 18.8. The first-order chi connectivity index (χ1) is 15.6. The van der Waals surface area contributed by atoms with Gasteiger partial charge in [0.25, 0.3) is 0 Å². The van der Waals surface area contributed by atoms with Crippen LogP contribution in [0, 0.1) is 0 Å². The molecule has 1 aliphatic rings. The number of ether oxygens (including phenoxy) is 2. The molecular weight excluding hydrogens is 492 g/mol. The highest BCUT2D eigenvalue weighted by molar-refractivity contribution is 7.90. The van der Waals surface area contributed by atoms with Crippen molar-refractivity contribution in [1.29, 1.82) is 0 Å². The Morgan fingerprint density at radius 3 is 2.21 bits per heavy atom. The van der Waals surface area contributed by atoms with Crippen LogP contribution < -0.4 is 9.47 Å². The molecule has 0 aliphatic carbocycles. The van der Waals surface area contributed by atoms with E-state index in [9.17, 15) is 39.6 Å². The monoisotopic (exact) mass is 511 g/mol. The second-order valence-electron chi connectivity index (χ2n) is 7.70. The first kappa shape index (κ1) is 25.7. The lowest BCUT2D eigenvalue weighted by molar-refractivity contribution is -0.189. The molecule has 0 saturated carbocycles. The summed E-state index contributed by atoms with van der Waals surface area (Å²) in [6, 6.07) is 3.51. The van der Waals surface area contributed by atoms with E-state index in [0.717, 1.165) is 55.5 Å². The number of halogens is 6. The van der Waals surface area contributed by atoms with Gasteiger partial charge in [-0.15, -0.1) is 0 Å². The van der Waals surface area contributed by atoms with Crippen molar-refractivity contribution in [2.24, 2.45) is 0 Å². The molecule has 2 aromatic rings. The highest BCUT2D eigenvalue weighted by Crippen LogP contribution is 2.47. The van der Waals surface area contributed by atoms with Crippen LogP contribution in [0.2, 0.25) is 0 Å². The molecule has 0 radical (unpaired) electrons. The van der Waals surface area contributed by atoms with Gasteiger partial charge in [0, 0.05) is 18.4 Å². The molecule has 0 spiro atoms. The lowest BCUT2D eigenvalue weighted by atomic mass is 9.94. The van der Waals surface area contributed by atoms with Gasteiger partial charge in [0.05, 0.1) is 23.6 Å². The second kappa shape index (κ2) is 8.67. The van der Waals surface area contributed by atoms with Gasteiger partial charge in [0.15, 0.2) is 15.9 Å². The molecule has 1 aliphatic heterocycles. The number of rotatable bonds is 6. The van der Waals surface area contributed by atoms with Crippen molar-refractivity contribution in [2.75, 3.05) is 13.4 Å². The molecule has 1 heterocycles. The van der Waals surface area contributed by atoms with E-state index in [2.05, 4.69) is 0 Å². The summed E-state index contributed by atoms with van der Waals surface area (Å²) in [5.41, 5.74) is -1.16. The topological polar surface area (TPSA) is 72.9 Å². The number of fused-ring (bicyclic) bond motifs is 1. The molecule has 6 nitrogen and oxygen atoms in total. The van der Waals surface area contributed by atoms with Crippen LogP contribution >= 0.6 is 0 Å². The SMILES string of the molecule is COc1cc2c(cc1C(F)(F)F)C(c1cc(S(C)(=O)=O)ccc1O[C@@H](C)C(F)(F)F)N(C=O)C2. The van der Waals surface area contributed by atoms with Gasteiger partial charge in [0.2, 0.25) is 6.41 Å². The highest BCUT2D eigenvalue weighted by Gasteiger charge is 2.42. The zero-order valence-electron chi connectivity index (χ0n) is 18.0. The Morgan fingerprint density at radius 2 is 1.71 bits per heavy atom. The third-order valence-corrected chi connectivity index (χ3v) is 6.46. The van der Waals surface area contributed by atoms with Gasteiger partial charge in [0.1, 0.15) is 11.5 Å². The van der Waals surface area contributed by atoms with E-state index in [1.54, 1.807) is 0 Å². The summed E-state index contributed by atoms with van der Waals surface area (Å²) in [7, 11) is -2.81. The van der Waals surface area contributed by atoms with Crippen molar-refractivity contribution in [3.8, 4) is 11.5 Å². The largest absolute Gasteiger partial charge is 0.496 e. The van der Waals surface area contributed by atoms with E-state index >= 15 is 0 Å². The number of methoxy groups -OCH3 is 1. The van der Waals surface area contributed by atoms with E-state index in [-0.39, 0.29) is 28.1 Å². The van der Waals surface area contributed by atoms with Crippen LogP contribution in [0.5, 0.6) is 11.5 Å². The summed E-state index contributed by atoms with van der Waals surface area (Å²) in [6.07, 6.45) is -10.8. The third kappa shape index (κ3) is 4.93. The number of nitrogens with zero attached hydrogens (tertiary/aromatic N) is 1. The molecule has 3 rings (SSSR count). The maximum absolute atomic E-state index is 13.6. The fourth-order valence-corrected chi connectivity index (χ4v) is 4.32. The summed E-state index contributed by atoms with van der Waals surface area (Å²) < 4.78 is 114. The molecular formula is C21H19F6NO5S. The first-order valence-electron chi connectivity index (χ1n) is 9.64. The molecule has 34 heavy (non-hydrogen) atoms. The van der Waals surface area contributed by atoms with Gasteiger partial charge in [-0.05, 0) is 48.4 Å². The maximum atomic E-state index is 13.6. The third-order valence-electron chi connectivity index (χ3n) is 5.35. The van der Waals surface area contributed by atoms with Crippen molar-refractivity contribution < 1.29 is 49.0 Å². The van der Waals surface area contributed by atoms with Crippen LogP contribution in [0.4, 0.5) is 26.3 Å². The molecule has 2 atom stereocenters. The first-order valence-corrected chi connectivity index (χ1v) is 11.5. The van der Waals surface area contributed by atoms with Crippen molar-refractivity contribution in [2.45, 2.75) is 42.9 Å². The predicted octanol–water partition coefficient (Wildman–Crippen LogP) is 4.51. The lowest BCUT2D eigenvalue weighted by Gasteiger charge is -2.26. The number of carbonyl (C=O) groups excluding carboxylic acids is 1. The average Bonchev–Trinajstić information content (AvgIpc) is 3.08. The zero-order chi connectivity index (χ0) is 25.6. The number of alkyl halides is 6. The lowest BCUT2D eigenvalue weighted by Crippen LogP contribution is -2.32. The minimum Gasteiger partial charge on any atom is -0.496 e. The normalized spacial score (nSPS) is 17.3. The molecule has 1 amide bonds. The smallest absolute Gasteiger partial charge is 0.425 e. The Balaban J connectivity index is 2.28. The Morgan fingerprint density at radius 1 is 1.06 bits per heavy atom. The van der Waals surface area contributed by atoms with E-state index in [1.807, 2.05) is 0 Å². The van der Waals surface area contributed by atoms with E-state index in [1.165, 1.54) is 0 Å². The highest BCUT2D eigenvalue weighted by atomic mass is 32.2.